The van der Waals surface area contributed by atoms with E-state index >= 15 is 0 Å². The number of rotatable bonds is 4. The molecule has 0 fully saturated rings. The quantitative estimate of drug-likeness (QED) is 0.360. The zero-order valence-corrected chi connectivity index (χ0v) is 9.38. The van der Waals surface area contributed by atoms with Crippen LogP contribution in [-0.4, -0.2) is 17.3 Å². The number of phenolic OH excluding ortho intramolecular Hbond substituents is 1. The number of amides is 1. The number of benzene rings is 1. The highest BCUT2D eigenvalue weighted by Gasteiger charge is 2.07. The highest BCUT2D eigenvalue weighted by molar-refractivity contribution is 6.06. The molecular formula is C13H13NO3. The Morgan fingerprint density at radius 3 is 2.65 bits per heavy atom. The largest absolute Gasteiger partial charge is 0.506 e. The maximum absolute atomic E-state index is 11.7. The summed E-state index contributed by atoms with van der Waals surface area (Å²) in [5, 5.41) is 12.0. The van der Waals surface area contributed by atoms with E-state index in [1.54, 1.807) is 31.2 Å². The molecule has 4 nitrogen and oxygen atoms in total. The van der Waals surface area contributed by atoms with E-state index in [0.717, 1.165) is 0 Å². The Balaban J connectivity index is 2.82. The first-order chi connectivity index (χ1) is 8.19. The summed E-state index contributed by atoms with van der Waals surface area (Å²) in [6.45, 7) is 1.69. The van der Waals surface area contributed by atoms with Gasteiger partial charge in [0.2, 0.25) is 0 Å². The fourth-order valence-corrected chi connectivity index (χ4v) is 1.22. The van der Waals surface area contributed by atoms with Crippen molar-refractivity contribution in [2.24, 2.45) is 0 Å². The molecule has 17 heavy (non-hydrogen) atoms. The molecule has 0 heterocycles. The maximum atomic E-state index is 11.7. The molecule has 1 amide bonds. The Morgan fingerprint density at radius 1 is 1.35 bits per heavy atom. The van der Waals surface area contributed by atoms with Crippen molar-refractivity contribution in [1.29, 1.82) is 0 Å². The van der Waals surface area contributed by atoms with Gasteiger partial charge in [0.15, 0.2) is 0 Å². The average molecular weight is 231 g/mol. The van der Waals surface area contributed by atoms with Crippen molar-refractivity contribution in [3.63, 3.8) is 0 Å². The smallest absolute Gasteiger partial charge is 0.255 e. The first kappa shape index (κ1) is 12.7. The van der Waals surface area contributed by atoms with Gasteiger partial charge in [-0.25, -0.2) is 0 Å². The van der Waals surface area contributed by atoms with Gasteiger partial charge < -0.3 is 10.4 Å². The topological polar surface area (TPSA) is 66.4 Å². The molecule has 1 aromatic rings. The molecule has 0 aromatic heterocycles. The third-order valence-electron chi connectivity index (χ3n) is 2.08. The molecule has 0 bridgehead atoms. The minimum atomic E-state index is -0.382. The third kappa shape index (κ3) is 3.61. The number of hydrogen-bond acceptors (Lipinski definition) is 3. The highest BCUT2D eigenvalue weighted by Crippen LogP contribution is 2.22. The van der Waals surface area contributed by atoms with Gasteiger partial charge in [-0.05, 0) is 31.2 Å². The Kier molecular flexibility index (Phi) is 4.69. The molecule has 0 aliphatic heterocycles. The van der Waals surface area contributed by atoms with Crippen LogP contribution < -0.4 is 5.32 Å². The molecule has 0 atom stereocenters. The van der Waals surface area contributed by atoms with Crippen LogP contribution in [0, 0.1) is 0 Å². The third-order valence-corrected chi connectivity index (χ3v) is 2.08. The molecule has 4 heteroatoms. The summed E-state index contributed by atoms with van der Waals surface area (Å²) < 4.78 is 0. The highest BCUT2D eigenvalue weighted by atomic mass is 16.3. The van der Waals surface area contributed by atoms with Crippen LogP contribution in [0.3, 0.4) is 0 Å². The van der Waals surface area contributed by atoms with Crippen LogP contribution in [0.1, 0.15) is 6.92 Å². The summed E-state index contributed by atoms with van der Waals surface area (Å²) in [6.07, 6.45) is 4.81. The van der Waals surface area contributed by atoms with Crippen molar-refractivity contribution >= 4 is 17.9 Å². The van der Waals surface area contributed by atoms with Gasteiger partial charge in [0.1, 0.15) is 12.0 Å². The fourth-order valence-electron chi connectivity index (χ4n) is 1.22. The van der Waals surface area contributed by atoms with E-state index in [1.165, 1.54) is 18.2 Å². The zero-order valence-electron chi connectivity index (χ0n) is 9.38. The Hall–Kier alpha value is -2.36. The lowest BCUT2D eigenvalue weighted by Crippen LogP contribution is -2.13. The summed E-state index contributed by atoms with van der Waals surface area (Å²) in [7, 11) is 0. The van der Waals surface area contributed by atoms with E-state index < -0.39 is 0 Å². The first-order valence-electron chi connectivity index (χ1n) is 5.06. The number of aromatic hydroxyl groups is 1. The molecule has 0 unspecified atom stereocenters. The standard InChI is InChI=1S/C13H13NO3/c1-2-10(6-5-9-15)13(17)14-11-7-3-4-8-12(11)16/h2-9,16H,1H3,(H,14,17)/b6-5-,10-2-. The number of carbonyl (C=O) groups excluding carboxylic acids is 2. The zero-order chi connectivity index (χ0) is 12.7. The number of anilines is 1. The van der Waals surface area contributed by atoms with Crippen molar-refractivity contribution in [3.8, 4) is 5.75 Å². The summed E-state index contributed by atoms with van der Waals surface area (Å²) in [5.74, 6) is -0.386. The van der Waals surface area contributed by atoms with Gasteiger partial charge in [0.25, 0.3) is 5.91 Å². The summed E-state index contributed by atoms with van der Waals surface area (Å²) in [4.78, 5) is 21.9. The van der Waals surface area contributed by atoms with E-state index in [-0.39, 0.29) is 11.7 Å². The molecule has 2 N–H and O–H groups in total. The summed E-state index contributed by atoms with van der Waals surface area (Å²) in [6, 6.07) is 6.43. The minimum absolute atomic E-state index is 0.00401. The van der Waals surface area contributed by atoms with Crippen molar-refractivity contribution in [2.75, 3.05) is 5.32 Å². The molecular weight excluding hydrogens is 218 g/mol. The SMILES string of the molecule is C/C=C(/C=C\C=O)C(=O)Nc1ccccc1O. The number of aldehydes is 1. The number of hydrogen-bond donors (Lipinski definition) is 2. The minimum Gasteiger partial charge on any atom is -0.506 e. The van der Waals surface area contributed by atoms with Crippen LogP contribution >= 0.6 is 0 Å². The van der Waals surface area contributed by atoms with Gasteiger partial charge in [-0.1, -0.05) is 18.2 Å². The van der Waals surface area contributed by atoms with Gasteiger partial charge in [-0.15, -0.1) is 0 Å². The van der Waals surface area contributed by atoms with Crippen molar-refractivity contribution < 1.29 is 14.7 Å². The van der Waals surface area contributed by atoms with Crippen molar-refractivity contribution in [3.05, 3.63) is 48.1 Å². The molecule has 0 saturated carbocycles. The second-order valence-electron chi connectivity index (χ2n) is 3.21. The van der Waals surface area contributed by atoms with Crippen LogP contribution in [0.15, 0.2) is 48.1 Å². The Labute approximate surface area is 99.3 Å². The van der Waals surface area contributed by atoms with E-state index in [1.807, 2.05) is 0 Å². The van der Waals surface area contributed by atoms with E-state index in [2.05, 4.69) is 5.32 Å². The average Bonchev–Trinajstić information content (AvgIpc) is 2.33. The predicted molar refractivity (Wildman–Crippen MR) is 65.7 cm³/mol. The molecule has 1 rings (SSSR count). The lowest BCUT2D eigenvalue weighted by atomic mass is 10.2. The molecule has 0 aliphatic carbocycles. The van der Waals surface area contributed by atoms with E-state index in [4.69, 9.17) is 0 Å². The van der Waals surface area contributed by atoms with Crippen molar-refractivity contribution in [2.45, 2.75) is 6.92 Å². The molecule has 0 spiro atoms. The molecule has 0 aliphatic rings. The van der Waals surface area contributed by atoms with Crippen LogP contribution in [0.25, 0.3) is 0 Å². The second-order valence-corrected chi connectivity index (χ2v) is 3.21. The summed E-state index contributed by atoms with van der Waals surface area (Å²) in [5.41, 5.74) is 0.678. The van der Waals surface area contributed by atoms with E-state index in [0.29, 0.717) is 17.5 Å². The first-order valence-corrected chi connectivity index (χ1v) is 5.06. The van der Waals surface area contributed by atoms with Gasteiger partial charge in [-0.3, -0.25) is 9.59 Å². The number of nitrogens with one attached hydrogen (secondary N) is 1. The van der Waals surface area contributed by atoms with Crippen LogP contribution in [-0.2, 0) is 9.59 Å². The molecule has 1 aromatic carbocycles. The van der Waals surface area contributed by atoms with Gasteiger partial charge in [-0.2, -0.15) is 0 Å². The predicted octanol–water partition coefficient (Wildman–Crippen LogP) is 2.03. The lowest BCUT2D eigenvalue weighted by molar-refractivity contribution is -0.112. The Bertz CT molecular complexity index is 475. The van der Waals surface area contributed by atoms with Crippen LogP contribution in [0.5, 0.6) is 5.75 Å². The monoisotopic (exact) mass is 231 g/mol. The van der Waals surface area contributed by atoms with Crippen molar-refractivity contribution in [1.82, 2.24) is 0 Å². The summed E-state index contributed by atoms with van der Waals surface area (Å²) >= 11 is 0. The van der Waals surface area contributed by atoms with Gasteiger partial charge >= 0.3 is 0 Å². The lowest BCUT2D eigenvalue weighted by Gasteiger charge is -2.06. The van der Waals surface area contributed by atoms with Gasteiger partial charge in [0, 0.05) is 5.57 Å². The number of carbonyl (C=O) groups is 2. The number of para-hydroxylation sites is 2. The fraction of sp³-hybridized carbons (Fsp3) is 0.0769. The van der Waals surface area contributed by atoms with Gasteiger partial charge in [0.05, 0.1) is 5.69 Å². The molecule has 88 valence electrons. The number of allylic oxidation sites excluding steroid dienone is 2. The molecule has 0 radical (unpaired) electrons. The second kappa shape index (κ2) is 6.27. The molecule has 0 saturated heterocycles. The number of phenols is 1. The van der Waals surface area contributed by atoms with Crippen LogP contribution in [0.2, 0.25) is 0 Å². The normalized spacial score (nSPS) is 11.5. The van der Waals surface area contributed by atoms with E-state index in [9.17, 15) is 14.7 Å². The Morgan fingerprint density at radius 2 is 2.06 bits per heavy atom. The van der Waals surface area contributed by atoms with Crippen LogP contribution in [0.4, 0.5) is 5.69 Å². The maximum Gasteiger partial charge on any atom is 0.255 e.